The van der Waals surface area contributed by atoms with Crippen LogP contribution in [0.2, 0.25) is 0 Å². The van der Waals surface area contributed by atoms with Gasteiger partial charge in [-0.2, -0.15) is 0 Å². The number of hydrogen-bond donors (Lipinski definition) is 1. The number of amides is 1. The number of ether oxygens (including phenoxy) is 1. The van der Waals surface area contributed by atoms with Crippen LogP contribution in [0.5, 0.6) is 0 Å². The predicted molar refractivity (Wildman–Crippen MR) is 68.9 cm³/mol. The lowest BCUT2D eigenvalue weighted by Crippen LogP contribution is -2.05. The minimum Gasteiger partial charge on any atom is -0.459 e. The van der Waals surface area contributed by atoms with E-state index in [0.717, 1.165) is 11.3 Å². The summed E-state index contributed by atoms with van der Waals surface area (Å²) in [6, 6.07) is 7.32. The van der Waals surface area contributed by atoms with Crippen molar-refractivity contribution in [1.29, 1.82) is 0 Å². The molecule has 0 bridgehead atoms. The van der Waals surface area contributed by atoms with E-state index < -0.39 is 0 Å². The van der Waals surface area contributed by atoms with Crippen molar-refractivity contribution in [3.05, 3.63) is 35.4 Å². The Morgan fingerprint density at radius 3 is 2.56 bits per heavy atom. The monoisotopic (exact) mass is 245 g/mol. The van der Waals surface area contributed by atoms with Crippen LogP contribution in [0.15, 0.2) is 29.8 Å². The molecule has 0 spiro atoms. The third-order valence-electron chi connectivity index (χ3n) is 2.65. The van der Waals surface area contributed by atoms with Crippen molar-refractivity contribution in [2.24, 2.45) is 0 Å². The fraction of sp³-hybridized carbons (Fsp3) is 0.286. The molecule has 1 aliphatic heterocycles. The van der Waals surface area contributed by atoms with Gasteiger partial charge in [-0.25, -0.2) is 4.79 Å². The molecular weight excluding hydrogens is 230 g/mol. The summed E-state index contributed by atoms with van der Waals surface area (Å²) >= 11 is 0. The molecule has 1 aromatic carbocycles. The molecule has 1 aliphatic rings. The quantitative estimate of drug-likeness (QED) is 0.642. The van der Waals surface area contributed by atoms with Crippen LogP contribution in [0, 0.1) is 0 Å². The summed E-state index contributed by atoms with van der Waals surface area (Å²) in [5.74, 6) is -0.345. The van der Waals surface area contributed by atoms with E-state index in [-0.39, 0.29) is 18.0 Å². The molecule has 1 fully saturated rings. The maximum Gasteiger partial charge on any atom is 0.334 e. The smallest absolute Gasteiger partial charge is 0.334 e. The summed E-state index contributed by atoms with van der Waals surface area (Å²) in [4.78, 5) is 22.3. The second-order valence-electron chi connectivity index (χ2n) is 4.39. The zero-order chi connectivity index (χ0) is 13.1. The number of cyclic esters (lactones) is 1. The maximum absolute atomic E-state index is 11.5. The van der Waals surface area contributed by atoms with Gasteiger partial charge >= 0.3 is 5.97 Å². The van der Waals surface area contributed by atoms with Crippen molar-refractivity contribution < 1.29 is 14.3 Å². The van der Waals surface area contributed by atoms with Gasteiger partial charge in [0.2, 0.25) is 5.91 Å². The molecule has 1 atom stereocenters. The molecule has 18 heavy (non-hydrogen) atoms. The minimum absolute atomic E-state index is 0.0394. The van der Waals surface area contributed by atoms with Crippen LogP contribution in [0.1, 0.15) is 25.8 Å². The molecule has 1 saturated heterocycles. The Morgan fingerprint density at radius 1 is 1.39 bits per heavy atom. The highest BCUT2D eigenvalue weighted by atomic mass is 16.5. The lowest BCUT2D eigenvalue weighted by Gasteiger charge is -2.02. The van der Waals surface area contributed by atoms with Crippen LogP contribution in [-0.2, 0) is 14.3 Å². The van der Waals surface area contributed by atoms with Gasteiger partial charge in [-0.3, -0.25) is 4.79 Å². The van der Waals surface area contributed by atoms with Crippen LogP contribution in [-0.4, -0.2) is 18.0 Å². The molecule has 0 saturated carbocycles. The Balaban J connectivity index is 2.13. The number of esters is 1. The van der Waals surface area contributed by atoms with E-state index in [1.54, 1.807) is 12.1 Å². The van der Waals surface area contributed by atoms with Gasteiger partial charge in [0.1, 0.15) is 6.10 Å². The molecular formula is C14H15NO3. The summed E-state index contributed by atoms with van der Waals surface area (Å²) < 4.78 is 5.06. The van der Waals surface area contributed by atoms with E-state index in [1.165, 1.54) is 6.92 Å². The SMILES string of the molecule is CC(=O)Nc1ccc(C=C2CC(C)OC2=O)cc1. The second-order valence-corrected chi connectivity index (χ2v) is 4.39. The fourth-order valence-electron chi connectivity index (χ4n) is 1.88. The van der Waals surface area contributed by atoms with Gasteiger partial charge in [-0.15, -0.1) is 0 Å². The van der Waals surface area contributed by atoms with Gasteiger partial charge < -0.3 is 10.1 Å². The number of rotatable bonds is 2. The Kier molecular flexibility index (Phi) is 3.46. The Morgan fingerprint density at radius 2 is 2.06 bits per heavy atom. The standard InChI is InChI=1S/C14H15NO3/c1-9-7-12(14(17)18-9)8-11-3-5-13(6-4-11)15-10(2)16/h3-6,8-9H,7H2,1-2H3,(H,15,16). The zero-order valence-electron chi connectivity index (χ0n) is 10.4. The van der Waals surface area contributed by atoms with E-state index in [9.17, 15) is 9.59 Å². The van der Waals surface area contributed by atoms with Crippen LogP contribution in [0.4, 0.5) is 5.69 Å². The van der Waals surface area contributed by atoms with E-state index in [1.807, 2.05) is 25.1 Å². The van der Waals surface area contributed by atoms with E-state index in [2.05, 4.69) is 5.32 Å². The number of hydrogen-bond acceptors (Lipinski definition) is 3. The normalized spacial score (nSPS) is 20.9. The maximum atomic E-state index is 11.5. The van der Waals surface area contributed by atoms with Crippen molar-refractivity contribution in [3.63, 3.8) is 0 Å². The van der Waals surface area contributed by atoms with Crippen molar-refractivity contribution >= 4 is 23.6 Å². The van der Waals surface area contributed by atoms with Crippen molar-refractivity contribution in [1.82, 2.24) is 0 Å². The zero-order valence-corrected chi connectivity index (χ0v) is 10.4. The second kappa shape index (κ2) is 5.04. The average Bonchev–Trinajstić information content (AvgIpc) is 2.59. The predicted octanol–water partition coefficient (Wildman–Crippen LogP) is 2.36. The summed E-state index contributed by atoms with van der Waals surface area (Å²) in [5, 5.41) is 2.69. The molecule has 1 aromatic rings. The van der Waals surface area contributed by atoms with Crippen LogP contribution >= 0.6 is 0 Å². The average molecular weight is 245 g/mol. The number of anilines is 1. The fourth-order valence-corrected chi connectivity index (χ4v) is 1.88. The topological polar surface area (TPSA) is 55.4 Å². The largest absolute Gasteiger partial charge is 0.459 e. The van der Waals surface area contributed by atoms with Crippen molar-refractivity contribution in [3.8, 4) is 0 Å². The summed E-state index contributed by atoms with van der Waals surface area (Å²) in [7, 11) is 0. The summed E-state index contributed by atoms with van der Waals surface area (Å²) in [6.45, 7) is 3.34. The van der Waals surface area contributed by atoms with Crippen molar-refractivity contribution in [2.45, 2.75) is 26.4 Å². The first-order valence-electron chi connectivity index (χ1n) is 5.84. The number of benzene rings is 1. The van der Waals surface area contributed by atoms with E-state index >= 15 is 0 Å². The summed E-state index contributed by atoms with van der Waals surface area (Å²) in [5.41, 5.74) is 2.35. The Hall–Kier alpha value is -2.10. The lowest BCUT2D eigenvalue weighted by molar-refractivity contribution is -0.138. The third kappa shape index (κ3) is 2.97. The molecule has 1 N–H and O–H groups in total. The van der Waals surface area contributed by atoms with Gasteiger partial charge in [0.15, 0.2) is 0 Å². The molecule has 2 rings (SSSR count). The van der Waals surface area contributed by atoms with Crippen LogP contribution < -0.4 is 5.32 Å². The number of carbonyl (C=O) groups is 2. The number of nitrogens with one attached hydrogen (secondary N) is 1. The molecule has 1 amide bonds. The highest BCUT2D eigenvalue weighted by Crippen LogP contribution is 2.22. The first kappa shape index (κ1) is 12.4. The third-order valence-corrected chi connectivity index (χ3v) is 2.65. The van der Waals surface area contributed by atoms with Gasteiger partial charge in [0, 0.05) is 24.6 Å². The van der Waals surface area contributed by atoms with Crippen molar-refractivity contribution in [2.75, 3.05) is 5.32 Å². The number of carbonyl (C=O) groups excluding carboxylic acids is 2. The molecule has 1 heterocycles. The highest BCUT2D eigenvalue weighted by Gasteiger charge is 2.24. The lowest BCUT2D eigenvalue weighted by atomic mass is 10.1. The first-order valence-corrected chi connectivity index (χ1v) is 5.84. The molecule has 0 aliphatic carbocycles. The minimum atomic E-state index is -0.242. The van der Waals surface area contributed by atoms with Crippen LogP contribution in [0.25, 0.3) is 6.08 Å². The molecule has 4 nitrogen and oxygen atoms in total. The van der Waals surface area contributed by atoms with E-state index in [0.29, 0.717) is 12.0 Å². The van der Waals surface area contributed by atoms with Gasteiger partial charge in [0.05, 0.1) is 0 Å². The highest BCUT2D eigenvalue weighted by molar-refractivity contribution is 5.95. The van der Waals surface area contributed by atoms with Gasteiger partial charge in [-0.1, -0.05) is 12.1 Å². The van der Waals surface area contributed by atoms with Gasteiger partial charge in [-0.05, 0) is 30.7 Å². The molecule has 0 aromatic heterocycles. The Labute approximate surface area is 106 Å². The Bertz CT molecular complexity index is 502. The molecule has 94 valence electrons. The van der Waals surface area contributed by atoms with Gasteiger partial charge in [0.25, 0.3) is 0 Å². The molecule has 4 heteroatoms. The van der Waals surface area contributed by atoms with E-state index in [4.69, 9.17) is 4.74 Å². The molecule has 0 radical (unpaired) electrons. The summed E-state index contributed by atoms with van der Waals surface area (Å²) in [6.07, 6.45) is 2.43. The van der Waals surface area contributed by atoms with Crippen LogP contribution in [0.3, 0.4) is 0 Å². The molecule has 1 unspecified atom stereocenters. The first-order chi connectivity index (χ1) is 8.54.